The number of aromatic amines is 2. The van der Waals surface area contributed by atoms with Crippen molar-refractivity contribution < 1.29 is 9.90 Å². The molecule has 1 unspecified atom stereocenters. The van der Waals surface area contributed by atoms with Crippen LogP contribution in [0.25, 0.3) is 28.7 Å². The van der Waals surface area contributed by atoms with Crippen LogP contribution in [-0.2, 0) is 0 Å². The molecule has 0 bridgehead atoms. The number of benzene rings is 1. The molecule has 5 heterocycles. The molecule has 14 heteroatoms. The fraction of sp³-hybridized carbons (Fsp3) is 0.346. The van der Waals surface area contributed by atoms with Gasteiger partial charge in [0, 0.05) is 29.9 Å². The smallest absolute Gasteiger partial charge is 0.326 e. The summed E-state index contributed by atoms with van der Waals surface area (Å²) in [4.78, 5) is 52.4. The van der Waals surface area contributed by atoms with Crippen LogP contribution in [0.1, 0.15) is 35.3 Å². The van der Waals surface area contributed by atoms with Gasteiger partial charge in [-0.2, -0.15) is 19.6 Å². The van der Waals surface area contributed by atoms with Crippen LogP contribution in [-0.4, -0.2) is 99.2 Å². The fourth-order valence-corrected chi connectivity index (χ4v) is 5.01. The molecular formula is C26H27N11O3. The molecule has 1 aliphatic heterocycles. The monoisotopic (exact) mass is 541 g/mol. The predicted molar refractivity (Wildman–Crippen MR) is 144 cm³/mol. The van der Waals surface area contributed by atoms with Gasteiger partial charge in [0.2, 0.25) is 11.8 Å². The first-order valence-electron chi connectivity index (χ1n) is 13.1. The molecule has 1 amide bonds. The number of imidazole rings is 2. The van der Waals surface area contributed by atoms with E-state index in [-0.39, 0.29) is 23.5 Å². The van der Waals surface area contributed by atoms with E-state index in [0.717, 1.165) is 31.3 Å². The Kier molecular flexibility index (Phi) is 5.52. The third kappa shape index (κ3) is 4.22. The first kappa shape index (κ1) is 24.2. The van der Waals surface area contributed by atoms with E-state index in [4.69, 9.17) is 15.0 Å². The first-order chi connectivity index (χ1) is 19.3. The van der Waals surface area contributed by atoms with E-state index < -0.39 is 5.69 Å². The second kappa shape index (κ2) is 9.12. The number of hydrogen-bond acceptors (Lipinski definition) is 9. The van der Waals surface area contributed by atoms with Crippen molar-refractivity contribution in [3.8, 4) is 11.8 Å². The fourth-order valence-electron chi connectivity index (χ4n) is 5.01. The Morgan fingerprint density at radius 2 is 2.05 bits per heavy atom. The van der Waals surface area contributed by atoms with Crippen LogP contribution < -0.4 is 16.5 Å². The number of aromatic hydroxyl groups is 1. The molecule has 1 saturated carbocycles. The molecule has 3 N–H and O–H groups in total. The molecule has 1 aliphatic carbocycles. The van der Waals surface area contributed by atoms with E-state index in [2.05, 4.69) is 25.0 Å². The van der Waals surface area contributed by atoms with Crippen LogP contribution in [0.3, 0.4) is 0 Å². The zero-order valence-electron chi connectivity index (χ0n) is 21.9. The maximum atomic E-state index is 13.2. The van der Waals surface area contributed by atoms with Gasteiger partial charge in [-0.3, -0.25) is 14.3 Å². The summed E-state index contributed by atoms with van der Waals surface area (Å²) in [5, 5.41) is 15.0. The molecule has 1 atom stereocenters. The molecule has 7 rings (SSSR count). The molecule has 204 valence electrons. The summed E-state index contributed by atoms with van der Waals surface area (Å²) in [6.07, 6.45) is 7.70. The maximum Gasteiger partial charge on any atom is 0.326 e. The third-order valence-electron chi connectivity index (χ3n) is 7.44. The summed E-state index contributed by atoms with van der Waals surface area (Å²) < 4.78 is 3.29. The number of amides is 1. The van der Waals surface area contributed by atoms with E-state index in [1.54, 1.807) is 33.7 Å². The number of rotatable bonds is 5. The summed E-state index contributed by atoms with van der Waals surface area (Å²) in [7, 11) is 4.08. The lowest BCUT2D eigenvalue weighted by atomic mass is 10.1. The number of carbonyl (C=O) groups is 1. The average molecular weight is 542 g/mol. The Balaban J connectivity index is 1.31. The van der Waals surface area contributed by atoms with Crippen molar-refractivity contribution in [2.75, 3.05) is 27.2 Å². The Morgan fingerprint density at radius 3 is 2.77 bits per heavy atom. The normalized spacial score (nSPS) is 18.7. The van der Waals surface area contributed by atoms with Crippen molar-refractivity contribution in [1.29, 1.82) is 0 Å². The van der Waals surface area contributed by atoms with Crippen LogP contribution in [0.15, 0.2) is 40.5 Å². The summed E-state index contributed by atoms with van der Waals surface area (Å²) in [6, 6.07) is 6.00. The van der Waals surface area contributed by atoms with E-state index >= 15 is 0 Å². The number of carbonyl (C=O) groups excluding carboxylic acids is 1. The SMILES string of the molecule is CN(C)C1CCN(C(=O)c2ccc3c(c2)ncn3-c2nc(=NC3CC3)n3nc/c(=C\c4[nH]c(=O)[nH]c4O)c3n2)C1. The zero-order chi connectivity index (χ0) is 27.5. The predicted octanol–water partition coefficient (Wildman–Crippen LogP) is -0.428. The van der Waals surface area contributed by atoms with E-state index in [9.17, 15) is 14.7 Å². The Labute approximate surface area is 226 Å². The second-order valence-corrected chi connectivity index (χ2v) is 10.5. The number of likely N-dealkylation sites (tertiary alicyclic amines) is 1. The molecule has 2 fully saturated rings. The highest BCUT2D eigenvalue weighted by atomic mass is 16.3. The number of H-pyrrole nitrogens is 2. The van der Waals surface area contributed by atoms with Gasteiger partial charge in [-0.1, -0.05) is 0 Å². The van der Waals surface area contributed by atoms with Crippen LogP contribution in [0.5, 0.6) is 5.88 Å². The van der Waals surface area contributed by atoms with Crippen molar-refractivity contribution in [2.45, 2.75) is 31.3 Å². The second-order valence-electron chi connectivity index (χ2n) is 10.5. The van der Waals surface area contributed by atoms with Gasteiger partial charge < -0.3 is 19.9 Å². The number of nitrogens with zero attached hydrogens (tertiary/aromatic N) is 9. The molecular weight excluding hydrogens is 514 g/mol. The minimum atomic E-state index is -0.523. The Bertz CT molecular complexity index is 1960. The van der Waals surface area contributed by atoms with Gasteiger partial charge in [0.15, 0.2) is 5.65 Å². The lowest BCUT2D eigenvalue weighted by Crippen LogP contribution is -2.34. The van der Waals surface area contributed by atoms with E-state index in [0.29, 0.717) is 46.1 Å². The molecule has 2 aliphatic rings. The van der Waals surface area contributed by atoms with Crippen LogP contribution in [0.2, 0.25) is 0 Å². The van der Waals surface area contributed by atoms with Gasteiger partial charge in [0.1, 0.15) is 12.0 Å². The zero-order valence-corrected chi connectivity index (χ0v) is 21.9. The molecule has 0 radical (unpaired) electrons. The maximum absolute atomic E-state index is 13.2. The number of fused-ring (bicyclic) bond motifs is 2. The highest BCUT2D eigenvalue weighted by molar-refractivity contribution is 5.97. The van der Waals surface area contributed by atoms with Crippen molar-refractivity contribution >= 4 is 28.7 Å². The van der Waals surface area contributed by atoms with Crippen molar-refractivity contribution in [3.63, 3.8) is 0 Å². The standard InChI is InChI=1S/C26H27N11O3/c1-34(2)17-7-8-35(12-17)23(39)14-3-6-20-18(9-14)27-13-36(20)24-31-21-15(10-19-22(38)32-26(40)30-19)11-28-37(21)25(33-24)29-16-4-5-16/h3,6,9-11,13,16-17,38H,4-5,7-8,12H2,1-2H3,(H2,30,32,40)/b15-10+,29-25?. The molecule has 0 spiro atoms. The number of hydrogen-bond donors (Lipinski definition) is 3. The van der Waals surface area contributed by atoms with E-state index in [1.807, 2.05) is 31.1 Å². The lowest BCUT2D eigenvalue weighted by Gasteiger charge is -2.20. The molecule has 4 aromatic heterocycles. The molecule has 14 nitrogen and oxygen atoms in total. The Hall–Kier alpha value is -4.85. The summed E-state index contributed by atoms with van der Waals surface area (Å²) in [6.45, 7) is 1.44. The van der Waals surface area contributed by atoms with Gasteiger partial charge in [0.25, 0.3) is 11.5 Å². The van der Waals surface area contributed by atoms with Gasteiger partial charge in [0.05, 0.1) is 23.3 Å². The third-order valence-corrected chi connectivity index (χ3v) is 7.44. The topological polar surface area (TPSA) is 166 Å². The minimum absolute atomic E-state index is 0.00511. The Morgan fingerprint density at radius 1 is 1.20 bits per heavy atom. The summed E-state index contributed by atoms with van der Waals surface area (Å²) >= 11 is 0. The van der Waals surface area contributed by atoms with Crippen LogP contribution in [0.4, 0.5) is 0 Å². The quantitative estimate of drug-likeness (QED) is 0.270. The largest absolute Gasteiger partial charge is 0.493 e. The van der Waals surface area contributed by atoms with Gasteiger partial charge >= 0.3 is 5.69 Å². The molecule has 1 saturated heterocycles. The van der Waals surface area contributed by atoms with E-state index in [1.165, 1.54) is 0 Å². The van der Waals surface area contributed by atoms with Gasteiger partial charge in [-0.05, 0) is 57.6 Å². The summed E-state index contributed by atoms with van der Waals surface area (Å²) in [5.41, 5.74) is 2.50. The first-order valence-corrected chi connectivity index (χ1v) is 13.1. The van der Waals surface area contributed by atoms with Crippen molar-refractivity contribution in [3.05, 3.63) is 63.3 Å². The molecule has 1 aromatic carbocycles. The van der Waals surface area contributed by atoms with Crippen LogP contribution in [0, 0.1) is 0 Å². The minimum Gasteiger partial charge on any atom is -0.493 e. The van der Waals surface area contributed by atoms with Crippen LogP contribution >= 0.6 is 0 Å². The lowest BCUT2D eigenvalue weighted by molar-refractivity contribution is 0.0783. The van der Waals surface area contributed by atoms with Gasteiger partial charge in [-0.25, -0.2) is 14.8 Å². The summed E-state index contributed by atoms with van der Waals surface area (Å²) in [5.74, 6) is 0.0527. The van der Waals surface area contributed by atoms with Crippen molar-refractivity contribution in [2.24, 2.45) is 4.99 Å². The average Bonchev–Trinajstić information content (AvgIpc) is 3.30. The van der Waals surface area contributed by atoms with Crippen molar-refractivity contribution in [1.82, 2.24) is 48.9 Å². The molecule has 5 aromatic rings. The van der Waals surface area contributed by atoms with Gasteiger partial charge in [-0.15, -0.1) is 0 Å². The number of nitrogens with one attached hydrogen (secondary N) is 2. The highest BCUT2D eigenvalue weighted by Crippen LogP contribution is 2.23. The number of likely N-dealkylation sites (N-methyl/N-ethyl adjacent to an activating group) is 1. The molecule has 40 heavy (non-hydrogen) atoms. The highest BCUT2D eigenvalue weighted by Gasteiger charge is 2.28. The number of aromatic nitrogens is 8.